The van der Waals surface area contributed by atoms with Crippen LogP contribution >= 0.6 is 0 Å². The molecular weight excluding hydrogens is 314 g/mol. The molecule has 132 valence electrons. The molecule has 0 saturated carbocycles. The number of nitrogens with one attached hydrogen (secondary N) is 1. The maximum absolute atomic E-state index is 12.4. The Bertz CT molecular complexity index is 715. The fourth-order valence-electron chi connectivity index (χ4n) is 2.54. The van der Waals surface area contributed by atoms with Gasteiger partial charge in [0.2, 0.25) is 0 Å². The fourth-order valence-corrected chi connectivity index (χ4v) is 2.54. The lowest BCUT2D eigenvalue weighted by Crippen LogP contribution is -2.38. The molecule has 0 spiro atoms. The molecular formula is C21H25NO3. The van der Waals surface area contributed by atoms with Crippen LogP contribution in [0, 0.1) is 0 Å². The number of carbonyl (C=O) groups excluding carboxylic acids is 1. The quantitative estimate of drug-likeness (QED) is 0.753. The molecule has 0 radical (unpaired) electrons. The van der Waals surface area contributed by atoms with Crippen LogP contribution in [0.2, 0.25) is 0 Å². The van der Waals surface area contributed by atoms with Crippen LogP contribution in [0.3, 0.4) is 0 Å². The Balaban J connectivity index is 2.01. The zero-order valence-electron chi connectivity index (χ0n) is 15.0. The van der Waals surface area contributed by atoms with Gasteiger partial charge in [0.15, 0.2) is 5.78 Å². The van der Waals surface area contributed by atoms with Crippen LogP contribution in [0.5, 0.6) is 0 Å². The summed E-state index contributed by atoms with van der Waals surface area (Å²) in [5, 5.41) is 12.3. The van der Waals surface area contributed by atoms with Gasteiger partial charge in [-0.3, -0.25) is 14.9 Å². The predicted molar refractivity (Wildman–Crippen MR) is 98.8 cm³/mol. The molecule has 0 aliphatic carbocycles. The second kappa shape index (κ2) is 8.08. The van der Waals surface area contributed by atoms with E-state index in [4.69, 9.17) is 0 Å². The zero-order valence-corrected chi connectivity index (χ0v) is 15.0. The molecule has 25 heavy (non-hydrogen) atoms. The molecule has 2 aromatic rings. The molecule has 0 heterocycles. The number of carbonyl (C=O) groups is 2. The van der Waals surface area contributed by atoms with E-state index in [9.17, 15) is 14.7 Å². The molecule has 0 aliphatic heterocycles. The first kappa shape index (κ1) is 18.9. The SMILES string of the molecule is CC(C)(C)c1ccc(C(=O)CC(NCc2ccccc2)C(=O)O)cc1. The molecule has 4 heteroatoms. The van der Waals surface area contributed by atoms with Crippen molar-refractivity contribution in [2.24, 2.45) is 0 Å². The van der Waals surface area contributed by atoms with Crippen LogP contribution in [-0.4, -0.2) is 22.9 Å². The number of rotatable bonds is 7. The van der Waals surface area contributed by atoms with E-state index >= 15 is 0 Å². The molecule has 4 nitrogen and oxygen atoms in total. The van der Waals surface area contributed by atoms with Crippen molar-refractivity contribution in [1.29, 1.82) is 0 Å². The van der Waals surface area contributed by atoms with Gasteiger partial charge in [0.1, 0.15) is 6.04 Å². The number of hydrogen-bond donors (Lipinski definition) is 2. The number of hydrogen-bond acceptors (Lipinski definition) is 3. The Labute approximate surface area is 148 Å². The first-order chi connectivity index (χ1) is 11.8. The standard InChI is InChI=1S/C21H25NO3/c1-21(2,3)17-11-9-16(10-12-17)19(23)13-18(20(24)25)22-14-15-7-5-4-6-8-15/h4-12,18,22H,13-14H2,1-3H3,(H,24,25). The third-order valence-electron chi connectivity index (χ3n) is 4.16. The van der Waals surface area contributed by atoms with Gasteiger partial charge in [0.05, 0.1) is 0 Å². The van der Waals surface area contributed by atoms with E-state index in [2.05, 4.69) is 26.1 Å². The van der Waals surface area contributed by atoms with Gasteiger partial charge in [-0.15, -0.1) is 0 Å². The highest BCUT2D eigenvalue weighted by molar-refractivity contribution is 5.98. The van der Waals surface area contributed by atoms with Gasteiger partial charge in [-0.05, 0) is 16.5 Å². The third kappa shape index (κ3) is 5.54. The molecule has 0 amide bonds. The lowest BCUT2D eigenvalue weighted by Gasteiger charge is -2.19. The van der Waals surface area contributed by atoms with Gasteiger partial charge < -0.3 is 5.11 Å². The molecule has 0 aromatic heterocycles. The highest BCUT2D eigenvalue weighted by Crippen LogP contribution is 2.22. The normalized spacial score (nSPS) is 12.6. The number of aliphatic carboxylic acids is 1. The van der Waals surface area contributed by atoms with Crippen molar-refractivity contribution in [3.8, 4) is 0 Å². The van der Waals surface area contributed by atoms with Gasteiger partial charge in [0.25, 0.3) is 0 Å². The first-order valence-electron chi connectivity index (χ1n) is 8.41. The van der Waals surface area contributed by atoms with Crippen molar-refractivity contribution in [3.05, 3.63) is 71.3 Å². The second-order valence-corrected chi connectivity index (χ2v) is 7.21. The molecule has 1 unspecified atom stereocenters. The Kier molecular flexibility index (Phi) is 6.10. The van der Waals surface area contributed by atoms with Crippen molar-refractivity contribution in [1.82, 2.24) is 5.32 Å². The predicted octanol–water partition coefficient (Wildman–Crippen LogP) is 3.80. The maximum atomic E-state index is 12.4. The third-order valence-corrected chi connectivity index (χ3v) is 4.16. The number of carboxylic acids is 1. The number of Topliss-reactive ketones (excluding diaryl/α,β-unsaturated/α-hetero) is 1. The smallest absolute Gasteiger partial charge is 0.321 e. The summed E-state index contributed by atoms with van der Waals surface area (Å²) in [7, 11) is 0. The monoisotopic (exact) mass is 339 g/mol. The van der Waals surface area contributed by atoms with Crippen molar-refractivity contribution < 1.29 is 14.7 Å². The summed E-state index contributed by atoms with van der Waals surface area (Å²) in [4.78, 5) is 23.9. The fraction of sp³-hybridized carbons (Fsp3) is 0.333. The van der Waals surface area contributed by atoms with Gasteiger partial charge in [-0.25, -0.2) is 0 Å². The topological polar surface area (TPSA) is 66.4 Å². The van der Waals surface area contributed by atoms with E-state index < -0.39 is 12.0 Å². The highest BCUT2D eigenvalue weighted by Gasteiger charge is 2.22. The summed E-state index contributed by atoms with van der Waals surface area (Å²) < 4.78 is 0. The lowest BCUT2D eigenvalue weighted by molar-refractivity contribution is -0.139. The summed E-state index contributed by atoms with van der Waals surface area (Å²) >= 11 is 0. The van der Waals surface area contributed by atoms with E-state index in [0.29, 0.717) is 12.1 Å². The van der Waals surface area contributed by atoms with Crippen LogP contribution in [0.25, 0.3) is 0 Å². The maximum Gasteiger partial charge on any atom is 0.321 e. The summed E-state index contributed by atoms with van der Waals surface area (Å²) in [6, 6.07) is 16.0. The van der Waals surface area contributed by atoms with Crippen molar-refractivity contribution in [3.63, 3.8) is 0 Å². The minimum atomic E-state index is -1.02. The Hall–Kier alpha value is -2.46. The largest absolute Gasteiger partial charge is 0.480 e. The molecule has 0 bridgehead atoms. The van der Waals surface area contributed by atoms with Gasteiger partial charge in [-0.2, -0.15) is 0 Å². The van der Waals surface area contributed by atoms with Crippen LogP contribution in [0.4, 0.5) is 0 Å². The van der Waals surface area contributed by atoms with Crippen molar-refractivity contribution in [2.45, 2.75) is 45.2 Å². The molecule has 2 rings (SSSR count). The highest BCUT2D eigenvalue weighted by atomic mass is 16.4. The van der Waals surface area contributed by atoms with Crippen LogP contribution in [0.15, 0.2) is 54.6 Å². The molecule has 0 fully saturated rings. The van der Waals surface area contributed by atoms with E-state index in [1.54, 1.807) is 12.1 Å². The molecule has 0 saturated heterocycles. The van der Waals surface area contributed by atoms with E-state index in [0.717, 1.165) is 11.1 Å². The van der Waals surface area contributed by atoms with Crippen molar-refractivity contribution >= 4 is 11.8 Å². The summed E-state index contributed by atoms with van der Waals surface area (Å²) in [6.45, 7) is 6.74. The van der Waals surface area contributed by atoms with Crippen LogP contribution in [0.1, 0.15) is 48.7 Å². The van der Waals surface area contributed by atoms with Crippen LogP contribution < -0.4 is 5.32 Å². The number of carboxylic acid groups (broad SMARTS) is 1. The average molecular weight is 339 g/mol. The average Bonchev–Trinajstić information content (AvgIpc) is 2.58. The molecule has 0 aliphatic rings. The first-order valence-corrected chi connectivity index (χ1v) is 8.41. The molecule has 2 aromatic carbocycles. The van der Waals surface area contributed by atoms with E-state index in [1.807, 2.05) is 42.5 Å². The Morgan fingerprint density at radius 3 is 2.12 bits per heavy atom. The lowest BCUT2D eigenvalue weighted by atomic mass is 9.86. The molecule has 2 N–H and O–H groups in total. The van der Waals surface area contributed by atoms with Gasteiger partial charge >= 0.3 is 5.97 Å². The number of ketones is 1. The number of benzene rings is 2. The van der Waals surface area contributed by atoms with E-state index in [1.165, 1.54) is 0 Å². The Morgan fingerprint density at radius 2 is 1.60 bits per heavy atom. The zero-order chi connectivity index (χ0) is 18.4. The van der Waals surface area contributed by atoms with Crippen LogP contribution in [-0.2, 0) is 16.8 Å². The second-order valence-electron chi connectivity index (χ2n) is 7.21. The van der Waals surface area contributed by atoms with Gasteiger partial charge in [0, 0.05) is 18.5 Å². The minimum absolute atomic E-state index is 0.0163. The van der Waals surface area contributed by atoms with E-state index in [-0.39, 0.29) is 17.6 Å². The Morgan fingerprint density at radius 1 is 1.00 bits per heavy atom. The van der Waals surface area contributed by atoms with Gasteiger partial charge in [-0.1, -0.05) is 75.4 Å². The minimum Gasteiger partial charge on any atom is -0.480 e. The summed E-state index contributed by atoms with van der Waals surface area (Å²) in [5.74, 6) is -1.19. The summed E-state index contributed by atoms with van der Waals surface area (Å²) in [6.07, 6.45) is -0.0724. The summed E-state index contributed by atoms with van der Waals surface area (Å²) in [5.41, 5.74) is 2.68. The molecule has 1 atom stereocenters. The van der Waals surface area contributed by atoms with Crippen molar-refractivity contribution in [2.75, 3.05) is 0 Å².